The van der Waals surface area contributed by atoms with Crippen molar-refractivity contribution in [2.45, 2.75) is 6.92 Å². The second-order valence-electron chi connectivity index (χ2n) is 3.56. The van der Waals surface area contributed by atoms with Gasteiger partial charge >= 0.3 is 0 Å². The molecule has 1 aromatic carbocycles. The Morgan fingerprint density at radius 3 is 2.33 bits per heavy atom. The molecule has 1 aromatic heterocycles. The number of benzene rings is 1. The van der Waals surface area contributed by atoms with Crippen LogP contribution in [-0.4, -0.2) is 4.98 Å². The predicted molar refractivity (Wildman–Crippen MR) is 55.3 cm³/mol. The van der Waals surface area contributed by atoms with E-state index in [1.54, 1.807) is 0 Å². The molecular formula is C12H7F4NO. The minimum Gasteiger partial charge on any atom is -0.436 e. The Morgan fingerprint density at radius 1 is 0.944 bits per heavy atom. The molecule has 6 heteroatoms. The number of halogens is 4. The average molecular weight is 257 g/mol. The molecular weight excluding hydrogens is 250 g/mol. The molecule has 94 valence electrons. The highest BCUT2D eigenvalue weighted by molar-refractivity contribution is 5.31. The minimum atomic E-state index is -1.49. The highest BCUT2D eigenvalue weighted by Gasteiger charge is 2.14. The van der Waals surface area contributed by atoms with Crippen LogP contribution in [0.15, 0.2) is 24.3 Å². The molecule has 0 aliphatic heterocycles. The first-order valence-corrected chi connectivity index (χ1v) is 4.93. The molecule has 2 rings (SSSR count). The Bertz CT molecular complexity index is 601. The van der Waals surface area contributed by atoms with E-state index < -0.39 is 29.3 Å². The van der Waals surface area contributed by atoms with E-state index in [1.165, 1.54) is 19.1 Å². The molecule has 0 atom stereocenters. The smallest absolute Gasteiger partial charge is 0.258 e. The van der Waals surface area contributed by atoms with Gasteiger partial charge in [0, 0.05) is 12.1 Å². The number of nitrogens with zero attached hydrogens (tertiary/aromatic N) is 1. The third kappa shape index (κ3) is 2.42. The van der Waals surface area contributed by atoms with Crippen molar-refractivity contribution in [1.82, 2.24) is 4.98 Å². The maximum Gasteiger partial charge on any atom is 0.258 e. The van der Waals surface area contributed by atoms with Crippen molar-refractivity contribution >= 4 is 0 Å². The molecule has 0 spiro atoms. The molecule has 0 unspecified atom stereocenters. The molecule has 0 saturated heterocycles. The van der Waals surface area contributed by atoms with Crippen molar-refractivity contribution in [2.75, 3.05) is 0 Å². The maximum absolute atomic E-state index is 13.2. The van der Waals surface area contributed by atoms with Crippen molar-refractivity contribution in [2.24, 2.45) is 0 Å². The van der Waals surface area contributed by atoms with Gasteiger partial charge in [0.25, 0.3) is 11.8 Å². The molecule has 0 fully saturated rings. The number of aryl methyl sites for hydroxylation is 1. The summed E-state index contributed by atoms with van der Waals surface area (Å²) < 4.78 is 56.7. The Balaban J connectivity index is 2.34. The lowest BCUT2D eigenvalue weighted by atomic mass is 10.2. The van der Waals surface area contributed by atoms with E-state index in [2.05, 4.69) is 4.98 Å². The van der Waals surface area contributed by atoms with Gasteiger partial charge in [0.05, 0.1) is 0 Å². The van der Waals surface area contributed by atoms with Crippen LogP contribution in [0.1, 0.15) is 5.56 Å². The van der Waals surface area contributed by atoms with Crippen LogP contribution in [-0.2, 0) is 0 Å². The summed E-state index contributed by atoms with van der Waals surface area (Å²) in [5.41, 5.74) is 0.376. The number of rotatable bonds is 2. The minimum absolute atomic E-state index is 0.0597. The van der Waals surface area contributed by atoms with Crippen LogP contribution < -0.4 is 4.74 Å². The lowest BCUT2D eigenvalue weighted by Gasteiger charge is -2.06. The van der Waals surface area contributed by atoms with Crippen molar-refractivity contribution < 1.29 is 22.3 Å². The maximum atomic E-state index is 13.2. The fourth-order valence-corrected chi connectivity index (χ4v) is 1.25. The van der Waals surface area contributed by atoms with E-state index in [0.29, 0.717) is 11.6 Å². The van der Waals surface area contributed by atoms with E-state index in [-0.39, 0.29) is 5.75 Å². The van der Waals surface area contributed by atoms with Gasteiger partial charge in [-0.15, -0.1) is 0 Å². The summed E-state index contributed by atoms with van der Waals surface area (Å²) in [5, 5.41) is 0. The van der Waals surface area contributed by atoms with Crippen molar-refractivity contribution in [3.63, 3.8) is 0 Å². The van der Waals surface area contributed by atoms with E-state index in [9.17, 15) is 17.6 Å². The third-order valence-electron chi connectivity index (χ3n) is 2.21. The van der Waals surface area contributed by atoms with Crippen molar-refractivity contribution in [1.29, 1.82) is 0 Å². The molecule has 18 heavy (non-hydrogen) atoms. The van der Waals surface area contributed by atoms with Crippen molar-refractivity contribution in [3.8, 4) is 11.6 Å². The van der Waals surface area contributed by atoms with Gasteiger partial charge in [-0.05, 0) is 18.6 Å². The van der Waals surface area contributed by atoms with Crippen LogP contribution in [0.25, 0.3) is 0 Å². The summed E-state index contributed by atoms with van der Waals surface area (Å²) in [6.07, 6.45) is 0. The highest BCUT2D eigenvalue weighted by Crippen LogP contribution is 2.25. The highest BCUT2D eigenvalue weighted by atomic mass is 19.2. The van der Waals surface area contributed by atoms with Crippen LogP contribution in [0.2, 0.25) is 0 Å². The number of aromatic nitrogens is 1. The summed E-state index contributed by atoms with van der Waals surface area (Å²) in [4.78, 5) is 2.96. The second kappa shape index (κ2) is 4.64. The fraction of sp³-hybridized carbons (Fsp3) is 0.0833. The molecule has 0 saturated carbocycles. The predicted octanol–water partition coefficient (Wildman–Crippen LogP) is 3.74. The molecule has 0 N–H and O–H groups in total. The first-order chi connectivity index (χ1) is 8.47. The molecule has 1 heterocycles. The summed E-state index contributed by atoms with van der Waals surface area (Å²) in [5.74, 6) is -5.45. The van der Waals surface area contributed by atoms with E-state index in [0.717, 1.165) is 6.07 Å². The number of hydrogen-bond donors (Lipinski definition) is 0. The summed E-state index contributed by atoms with van der Waals surface area (Å²) >= 11 is 0. The van der Waals surface area contributed by atoms with Gasteiger partial charge in [-0.3, -0.25) is 0 Å². The lowest BCUT2D eigenvalue weighted by molar-refractivity contribution is 0.385. The Kier molecular flexibility index (Phi) is 3.18. The van der Waals surface area contributed by atoms with Gasteiger partial charge in [-0.1, -0.05) is 6.07 Å². The molecule has 0 bridgehead atoms. The zero-order valence-corrected chi connectivity index (χ0v) is 9.18. The van der Waals surface area contributed by atoms with Gasteiger partial charge in [-0.25, -0.2) is 13.2 Å². The zero-order valence-electron chi connectivity index (χ0n) is 9.18. The van der Waals surface area contributed by atoms with Crippen LogP contribution in [0.3, 0.4) is 0 Å². The number of hydrogen-bond acceptors (Lipinski definition) is 2. The Morgan fingerprint density at radius 2 is 1.67 bits per heavy atom. The third-order valence-corrected chi connectivity index (χ3v) is 2.21. The van der Waals surface area contributed by atoms with E-state index >= 15 is 0 Å². The van der Waals surface area contributed by atoms with Crippen LogP contribution >= 0.6 is 0 Å². The first-order valence-electron chi connectivity index (χ1n) is 4.93. The van der Waals surface area contributed by atoms with E-state index in [4.69, 9.17) is 4.74 Å². The summed E-state index contributed by atoms with van der Waals surface area (Å²) in [6, 6.07) is 4.07. The monoisotopic (exact) mass is 257 g/mol. The molecule has 0 radical (unpaired) electrons. The SMILES string of the molecule is Cc1ccc(Oc2nc(F)c(F)cc2F)cc1F. The topological polar surface area (TPSA) is 22.1 Å². The van der Waals surface area contributed by atoms with Gasteiger partial charge in [-0.2, -0.15) is 9.37 Å². The average Bonchev–Trinajstić information content (AvgIpc) is 2.31. The van der Waals surface area contributed by atoms with Crippen LogP contribution in [0.5, 0.6) is 11.6 Å². The Hall–Kier alpha value is -2.11. The molecule has 0 amide bonds. The normalized spacial score (nSPS) is 10.5. The van der Waals surface area contributed by atoms with Crippen LogP contribution in [0.4, 0.5) is 17.6 Å². The molecule has 2 nitrogen and oxygen atoms in total. The van der Waals surface area contributed by atoms with Crippen LogP contribution in [0, 0.1) is 30.3 Å². The number of ether oxygens (including phenoxy) is 1. The molecule has 0 aliphatic rings. The quantitative estimate of drug-likeness (QED) is 0.604. The van der Waals surface area contributed by atoms with Gasteiger partial charge < -0.3 is 4.74 Å². The van der Waals surface area contributed by atoms with E-state index in [1.807, 2.05) is 0 Å². The fourth-order valence-electron chi connectivity index (χ4n) is 1.25. The zero-order chi connectivity index (χ0) is 13.3. The van der Waals surface area contributed by atoms with Crippen molar-refractivity contribution in [3.05, 3.63) is 53.2 Å². The van der Waals surface area contributed by atoms with Gasteiger partial charge in [0.2, 0.25) is 0 Å². The standard InChI is InChI=1S/C12H7F4NO/c1-6-2-3-7(4-8(6)13)18-12-10(15)5-9(14)11(16)17-12/h2-5H,1H3. The number of pyridine rings is 1. The first kappa shape index (κ1) is 12.3. The summed E-state index contributed by atoms with van der Waals surface area (Å²) in [6.45, 7) is 1.54. The summed E-state index contributed by atoms with van der Waals surface area (Å²) in [7, 11) is 0. The lowest BCUT2D eigenvalue weighted by Crippen LogP contribution is -1.98. The molecule has 2 aromatic rings. The Labute approximate surface area is 99.8 Å². The molecule has 0 aliphatic carbocycles. The largest absolute Gasteiger partial charge is 0.436 e. The van der Waals surface area contributed by atoms with Gasteiger partial charge in [0.15, 0.2) is 11.6 Å². The second-order valence-corrected chi connectivity index (χ2v) is 3.56. The van der Waals surface area contributed by atoms with Gasteiger partial charge in [0.1, 0.15) is 11.6 Å².